The number of anilines is 1. The third-order valence-electron chi connectivity index (χ3n) is 7.21. The molecule has 0 spiro atoms. The van der Waals surface area contributed by atoms with Crippen molar-refractivity contribution in [1.29, 1.82) is 0 Å². The van der Waals surface area contributed by atoms with Crippen LogP contribution in [-0.4, -0.2) is 58.5 Å². The van der Waals surface area contributed by atoms with Crippen molar-refractivity contribution in [1.82, 2.24) is 15.2 Å². The van der Waals surface area contributed by atoms with Gasteiger partial charge < -0.3 is 15.5 Å². The van der Waals surface area contributed by atoms with Crippen molar-refractivity contribution >= 4 is 11.8 Å². The summed E-state index contributed by atoms with van der Waals surface area (Å²) in [6, 6.07) is 13.1. The highest BCUT2D eigenvalue weighted by Gasteiger charge is 2.39. The van der Waals surface area contributed by atoms with Crippen molar-refractivity contribution < 1.29 is 15.0 Å². The van der Waals surface area contributed by atoms with Crippen LogP contribution >= 0.6 is 0 Å². The summed E-state index contributed by atoms with van der Waals surface area (Å²) in [5.74, 6) is 0.204. The van der Waals surface area contributed by atoms with Gasteiger partial charge in [0.15, 0.2) is 0 Å². The highest BCUT2D eigenvalue weighted by molar-refractivity contribution is 5.75. The summed E-state index contributed by atoms with van der Waals surface area (Å²) in [5, 5.41) is 27.4. The Hall–Kier alpha value is -2.48. The van der Waals surface area contributed by atoms with Crippen LogP contribution in [0.1, 0.15) is 55.5 Å². The van der Waals surface area contributed by atoms with Crippen LogP contribution in [0.25, 0.3) is 0 Å². The minimum atomic E-state index is -0.825. The Morgan fingerprint density at radius 1 is 1.21 bits per heavy atom. The minimum absolute atomic E-state index is 0.274. The number of rotatable bonds is 9. The van der Waals surface area contributed by atoms with E-state index in [9.17, 15) is 15.0 Å². The second-order valence-corrected chi connectivity index (χ2v) is 9.64. The maximum atomic E-state index is 12.0. The van der Waals surface area contributed by atoms with E-state index >= 15 is 0 Å². The van der Waals surface area contributed by atoms with Crippen molar-refractivity contribution in [2.45, 2.75) is 57.7 Å². The highest BCUT2D eigenvalue weighted by atomic mass is 16.4. The summed E-state index contributed by atoms with van der Waals surface area (Å²) >= 11 is 0. The number of piperidine rings is 1. The van der Waals surface area contributed by atoms with E-state index in [1.54, 1.807) is 0 Å². The fourth-order valence-corrected chi connectivity index (χ4v) is 4.97. The molecule has 7 nitrogen and oxygen atoms in total. The first kappa shape index (κ1) is 23.7. The lowest BCUT2D eigenvalue weighted by Crippen LogP contribution is -2.51. The average molecular weight is 453 g/mol. The molecule has 0 saturated carbocycles. The van der Waals surface area contributed by atoms with Crippen LogP contribution < -0.4 is 10.6 Å². The lowest BCUT2D eigenvalue weighted by atomic mass is 9.78. The summed E-state index contributed by atoms with van der Waals surface area (Å²) in [7, 11) is 0. The Balaban J connectivity index is 1.24. The number of nitrogens with zero attached hydrogens (tertiary/aromatic N) is 2. The van der Waals surface area contributed by atoms with Crippen molar-refractivity contribution in [2.24, 2.45) is 5.41 Å². The second-order valence-electron chi connectivity index (χ2n) is 9.64. The van der Waals surface area contributed by atoms with E-state index < -0.39 is 18.2 Å². The quantitative estimate of drug-likeness (QED) is 0.343. The van der Waals surface area contributed by atoms with Crippen molar-refractivity contribution in [2.75, 3.05) is 31.5 Å². The number of hydrogen-bond donors (Lipinski definition) is 4. The third kappa shape index (κ3) is 5.72. The van der Waals surface area contributed by atoms with Gasteiger partial charge in [-0.2, -0.15) is 0 Å². The van der Waals surface area contributed by atoms with Crippen LogP contribution in [0, 0.1) is 5.41 Å². The molecule has 2 unspecified atom stereocenters. The number of nitrogens with one attached hydrogen (secondary N) is 2. The summed E-state index contributed by atoms with van der Waals surface area (Å²) in [6.07, 6.45) is 4.91. The Morgan fingerprint density at radius 2 is 1.97 bits per heavy atom. The largest absolute Gasteiger partial charge is 0.480 e. The number of likely N-dealkylation sites (tertiary alicyclic amines) is 1. The number of carbonyl (C=O) groups is 1. The zero-order valence-electron chi connectivity index (χ0n) is 19.5. The molecule has 2 aliphatic rings. The van der Waals surface area contributed by atoms with E-state index in [1.807, 2.05) is 35.2 Å². The summed E-state index contributed by atoms with van der Waals surface area (Å²) < 4.78 is 0. The number of aromatic nitrogens is 1. The molecule has 7 heteroatoms. The van der Waals surface area contributed by atoms with Gasteiger partial charge in [0, 0.05) is 17.7 Å². The van der Waals surface area contributed by atoms with Gasteiger partial charge in [0.05, 0.1) is 0 Å². The van der Waals surface area contributed by atoms with Crippen LogP contribution in [0.4, 0.5) is 5.82 Å². The van der Waals surface area contributed by atoms with Crippen molar-refractivity contribution in [3.05, 3.63) is 59.3 Å². The van der Waals surface area contributed by atoms with Crippen molar-refractivity contribution in [3.63, 3.8) is 0 Å². The minimum Gasteiger partial charge on any atom is -0.480 e. The Labute approximate surface area is 196 Å². The number of aliphatic hydroxyl groups is 1. The first-order chi connectivity index (χ1) is 16.0. The van der Waals surface area contributed by atoms with E-state index in [0.717, 1.165) is 62.1 Å². The smallest absolute Gasteiger partial charge is 0.325 e. The molecule has 1 aromatic carbocycles. The summed E-state index contributed by atoms with van der Waals surface area (Å²) in [4.78, 5) is 18.7. The third-order valence-corrected chi connectivity index (χ3v) is 7.21. The Kier molecular flexibility index (Phi) is 7.63. The number of pyridine rings is 1. The van der Waals surface area contributed by atoms with E-state index in [-0.39, 0.29) is 5.41 Å². The lowest BCUT2D eigenvalue weighted by Gasteiger charge is -2.44. The Bertz CT molecular complexity index is 928. The molecule has 1 saturated heterocycles. The average Bonchev–Trinajstić information content (AvgIpc) is 2.83. The molecule has 0 radical (unpaired) electrons. The predicted octanol–water partition coefficient (Wildman–Crippen LogP) is 3.21. The molecular weight excluding hydrogens is 416 g/mol. The number of hydrogen-bond acceptors (Lipinski definition) is 6. The molecule has 178 valence electrons. The molecule has 1 fully saturated rings. The molecule has 4 N–H and O–H groups in total. The molecule has 2 atom stereocenters. The second kappa shape index (κ2) is 10.6. The van der Waals surface area contributed by atoms with Gasteiger partial charge >= 0.3 is 5.97 Å². The van der Waals surface area contributed by atoms with Gasteiger partial charge in [0.1, 0.15) is 18.1 Å². The fraction of sp³-hybridized carbons (Fsp3) is 0.538. The van der Waals surface area contributed by atoms with Gasteiger partial charge in [-0.1, -0.05) is 43.3 Å². The fourth-order valence-electron chi connectivity index (χ4n) is 4.97. The molecule has 3 heterocycles. The van der Waals surface area contributed by atoms with Crippen molar-refractivity contribution in [3.8, 4) is 0 Å². The van der Waals surface area contributed by atoms with Crippen LogP contribution in [0.5, 0.6) is 0 Å². The van der Waals surface area contributed by atoms with E-state index in [0.29, 0.717) is 19.6 Å². The number of aryl methyl sites for hydroxylation is 2. The van der Waals surface area contributed by atoms with Crippen LogP contribution in [0.15, 0.2) is 42.5 Å². The molecule has 0 bridgehead atoms. The van der Waals surface area contributed by atoms with Crippen LogP contribution in [-0.2, 0) is 17.6 Å². The molecular formula is C26H36N4O3. The molecule has 2 aliphatic heterocycles. The molecule has 0 amide bonds. The molecule has 33 heavy (non-hydrogen) atoms. The standard InChI is InChI=1S/C26H36N4O3/c1-26(13-17-30(18-14-26)22(24(31)32)19-7-3-2-4-8-19)25(33)28-16-6-10-21-12-11-20-9-5-15-27-23(20)29-21/h2-4,7-8,11-12,22,25,28,33H,5-6,9-10,13-18H2,1H3,(H,27,29)(H,31,32). The maximum Gasteiger partial charge on any atom is 0.325 e. The summed E-state index contributed by atoms with van der Waals surface area (Å²) in [5.41, 5.74) is 2.91. The monoisotopic (exact) mass is 452 g/mol. The number of carboxylic acid groups (broad SMARTS) is 1. The van der Waals surface area contributed by atoms with Gasteiger partial charge in [-0.3, -0.25) is 15.0 Å². The highest BCUT2D eigenvalue weighted by Crippen LogP contribution is 2.36. The molecule has 0 aliphatic carbocycles. The zero-order chi connectivity index (χ0) is 23.3. The summed E-state index contributed by atoms with van der Waals surface area (Å²) in [6.45, 7) is 5.09. The SMILES string of the molecule is CC1(C(O)NCCCc2ccc3c(n2)NCCC3)CCN(C(C(=O)O)c2ccccc2)CC1. The maximum absolute atomic E-state index is 12.0. The molecule has 2 aromatic rings. The van der Waals surface area contributed by atoms with Gasteiger partial charge in [-0.05, 0) is 75.4 Å². The first-order valence-electron chi connectivity index (χ1n) is 12.1. The van der Waals surface area contributed by atoms with E-state index in [2.05, 4.69) is 29.7 Å². The number of aliphatic hydroxyl groups excluding tert-OH is 1. The topological polar surface area (TPSA) is 97.7 Å². The van der Waals surface area contributed by atoms with Gasteiger partial charge in [-0.25, -0.2) is 4.98 Å². The Morgan fingerprint density at radius 3 is 2.70 bits per heavy atom. The van der Waals surface area contributed by atoms with Gasteiger partial charge in [0.2, 0.25) is 0 Å². The number of fused-ring (bicyclic) bond motifs is 1. The van der Waals surface area contributed by atoms with Crippen LogP contribution in [0.3, 0.4) is 0 Å². The number of benzene rings is 1. The van der Waals surface area contributed by atoms with Crippen LogP contribution in [0.2, 0.25) is 0 Å². The van der Waals surface area contributed by atoms with Gasteiger partial charge in [0.25, 0.3) is 0 Å². The predicted molar refractivity (Wildman–Crippen MR) is 129 cm³/mol. The first-order valence-corrected chi connectivity index (χ1v) is 12.1. The van der Waals surface area contributed by atoms with Gasteiger partial charge in [-0.15, -0.1) is 0 Å². The van der Waals surface area contributed by atoms with E-state index in [4.69, 9.17) is 4.98 Å². The lowest BCUT2D eigenvalue weighted by molar-refractivity contribution is -0.145. The van der Waals surface area contributed by atoms with E-state index in [1.165, 1.54) is 5.56 Å². The normalized spacial score (nSPS) is 19.8. The molecule has 1 aromatic heterocycles. The molecule has 4 rings (SSSR count). The zero-order valence-corrected chi connectivity index (χ0v) is 19.5. The number of carboxylic acids is 1. The number of aliphatic carboxylic acids is 1.